The van der Waals surface area contributed by atoms with Crippen molar-refractivity contribution in [2.24, 2.45) is 11.7 Å². The minimum absolute atomic E-state index is 0.0532. The van der Waals surface area contributed by atoms with Crippen molar-refractivity contribution in [3.05, 3.63) is 35.1 Å². The van der Waals surface area contributed by atoms with Gasteiger partial charge >= 0.3 is 0 Å². The molecule has 2 heterocycles. The molecule has 0 aliphatic carbocycles. The van der Waals surface area contributed by atoms with Crippen LogP contribution in [0.25, 0.3) is 0 Å². The van der Waals surface area contributed by atoms with E-state index < -0.39 is 23.5 Å². The largest absolute Gasteiger partial charge is 0.337 e. The lowest BCUT2D eigenvalue weighted by atomic mass is 9.82. The smallest absolute Gasteiger partial charge is 0.242 e. The molecule has 2 fully saturated rings. The second-order valence-electron chi connectivity index (χ2n) is 8.02. The molecule has 0 spiro atoms. The number of halogens is 3. The second kappa shape index (κ2) is 8.11. The van der Waals surface area contributed by atoms with Crippen molar-refractivity contribution in [2.75, 3.05) is 13.6 Å². The lowest BCUT2D eigenvalue weighted by molar-refractivity contribution is -0.142. The number of carbonyl (C=O) groups is 2. The van der Waals surface area contributed by atoms with Gasteiger partial charge in [0.2, 0.25) is 11.8 Å². The Kier molecular flexibility index (Phi) is 5.98. The molecule has 1 aromatic carbocycles. The van der Waals surface area contributed by atoms with Crippen molar-refractivity contribution in [3.8, 4) is 0 Å². The van der Waals surface area contributed by atoms with E-state index in [4.69, 9.17) is 5.73 Å². The highest BCUT2D eigenvalue weighted by molar-refractivity contribution is 5.84. The molecule has 28 heavy (non-hydrogen) atoms. The quantitative estimate of drug-likeness (QED) is 0.775. The number of benzene rings is 1. The Labute approximate surface area is 162 Å². The molecule has 0 radical (unpaired) electrons. The van der Waals surface area contributed by atoms with E-state index in [0.717, 1.165) is 18.9 Å². The van der Waals surface area contributed by atoms with E-state index in [9.17, 15) is 22.8 Å². The lowest BCUT2D eigenvalue weighted by Crippen LogP contribution is -2.52. The summed E-state index contributed by atoms with van der Waals surface area (Å²) in [5.41, 5.74) is 6.36. The zero-order valence-corrected chi connectivity index (χ0v) is 16.1. The summed E-state index contributed by atoms with van der Waals surface area (Å²) in [7, 11) is 1.60. The number of likely N-dealkylation sites (N-methyl/N-ethyl adjacent to an activating group) is 1. The van der Waals surface area contributed by atoms with Crippen LogP contribution >= 0.6 is 0 Å². The number of hydrogen-bond donors (Lipinski definition) is 1. The minimum Gasteiger partial charge on any atom is -0.337 e. The summed E-state index contributed by atoms with van der Waals surface area (Å²) < 4.78 is 40.5. The fourth-order valence-electron chi connectivity index (χ4n) is 4.51. The van der Waals surface area contributed by atoms with Crippen LogP contribution in [0.2, 0.25) is 0 Å². The van der Waals surface area contributed by atoms with Gasteiger partial charge in [-0.2, -0.15) is 0 Å². The molecular weight excluding hydrogens is 371 g/mol. The maximum Gasteiger partial charge on any atom is 0.242 e. The molecule has 2 N–H and O–H groups in total. The Morgan fingerprint density at radius 2 is 1.71 bits per heavy atom. The van der Waals surface area contributed by atoms with Crippen molar-refractivity contribution < 1.29 is 22.8 Å². The molecule has 2 unspecified atom stereocenters. The van der Waals surface area contributed by atoms with Crippen LogP contribution in [0.5, 0.6) is 0 Å². The molecule has 8 heteroatoms. The van der Waals surface area contributed by atoms with Gasteiger partial charge in [0.1, 0.15) is 5.82 Å². The number of hydrogen-bond acceptors (Lipinski definition) is 3. The molecule has 3 atom stereocenters. The Morgan fingerprint density at radius 3 is 2.29 bits per heavy atom. The number of rotatable bonds is 5. The van der Waals surface area contributed by atoms with Gasteiger partial charge in [-0.1, -0.05) is 0 Å². The van der Waals surface area contributed by atoms with Crippen molar-refractivity contribution in [2.45, 2.75) is 57.2 Å². The molecule has 2 aliphatic rings. The maximum absolute atomic E-state index is 13.9. The summed E-state index contributed by atoms with van der Waals surface area (Å²) in [6, 6.07) is 1.12. The third-order valence-electron chi connectivity index (χ3n) is 6.12. The number of nitrogens with two attached hydrogens (primary N) is 1. The summed E-state index contributed by atoms with van der Waals surface area (Å²) in [6.45, 7) is 1.48. The van der Waals surface area contributed by atoms with Gasteiger partial charge in [0.15, 0.2) is 11.6 Å². The van der Waals surface area contributed by atoms with Gasteiger partial charge in [0.05, 0.1) is 6.54 Å². The first-order chi connectivity index (χ1) is 13.2. The zero-order valence-electron chi connectivity index (χ0n) is 16.1. The van der Waals surface area contributed by atoms with Crippen molar-refractivity contribution >= 4 is 11.8 Å². The van der Waals surface area contributed by atoms with Crippen LogP contribution in [0.15, 0.2) is 12.1 Å². The van der Waals surface area contributed by atoms with Gasteiger partial charge in [-0.15, -0.1) is 0 Å². The Hall–Kier alpha value is -2.09. The average Bonchev–Trinajstić information content (AvgIpc) is 2.89. The predicted molar refractivity (Wildman–Crippen MR) is 97.7 cm³/mol. The van der Waals surface area contributed by atoms with E-state index in [0.29, 0.717) is 18.9 Å². The zero-order chi connectivity index (χ0) is 20.6. The molecule has 2 bridgehead atoms. The van der Waals surface area contributed by atoms with Crippen molar-refractivity contribution in [1.29, 1.82) is 0 Å². The summed E-state index contributed by atoms with van der Waals surface area (Å²) >= 11 is 0. The first-order valence-corrected chi connectivity index (χ1v) is 9.59. The normalized spacial score (nSPS) is 24.9. The fourth-order valence-corrected chi connectivity index (χ4v) is 4.51. The molecule has 5 nitrogen and oxygen atoms in total. The number of amides is 2. The van der Waals surface area contributed by atoms with Gasteiger partial charge in [-0.3, -0.25) is 9.59 Å². The van der Waals surface area contributed by atoms with E-state index >= 15 is 0 Å². The van der Waals surface area contributed by atoms with Crippen LogP contribution in [-0.4, -0.2) is 53.3 Å². The molecule has 2 amide bonds. The fraction of sp³-hybridized carbons (Fsp3) is 0.600. The number of fused-ring (bicyclic) bond motifs is 2. The molecule has 2 aliphatic heterocycles. The van der Waals surface area contributed by atoms with Gasteiger partial charge in [-0.05, 0) is 49.7 Å². The number of piperidine rings is 1. The monoisotopic (exact) mass is 397 g/mol. The SMILES string of the molecule is CC(=O)N(C)CC(=O)N1C2CCC1CC([C@H](N)Cc1cc(F)c(F)cc1F)C2. The molecule has 3 rings (SSSR count). The Morgan fingerprint density at radius 1 is 1.14 bits per heavy atom. The van der Waals surface area contributed by atoms with Gasteiger partial charge in [0.25, 0.3) is 0 Å². The Balaban J connectivity index is 1.64. The third-order valence-corrected chi connectivity index (χ3v) is 6.12. The summed E-state index contributed by atoms with van der Waals surface area (Å²) in [6.07, 6.45) is 3.26. The molecular formula is C20H26F3N3O2. The van der Waals surface area contributed by atoms with Crippen LogP contribution < -0.4 is 5.73 Å². The van der Waals surface area contributed by atoms with E-state index in [1.807, 2.05) is 4.90 Å². The lowest BCUT2D eigenvalue weighted by Gasteiger charge is -2.41. The van der Waals surface area contributed by atoms with Crippen LogP contribution in [0.3, 0.4) is 0 Å². The number of carbonyl (C=O) groups excluding carboxylic acids is 2. The third kappa shape index (κ3) is 4.16. The summed E-state index contributed by atoms with van der Waals surface area (Å²) in [4.78, 5) is 27.3. The molecule has 0 aromatic heterocycles. The molecule has 154 valence electrons. The molecule has 1 aromatic rings. The molecule has 2 saturated heterocycles. The van der Waals surface area contributed by atoms with E-state index in [2.05, 4.69) is 0 Å². The standard InChI is InChI=1S/C20H26F3N3O2/c1-11(27)25(2)10-20(28)26-14-3-4-15(26)6-13(5-14)19(24)8-12-7-17(22)18(23)9-16(12)21/h7,9,13-15,19H,3-6,8,10,24H2,1-2H3/t13?,14?,15?,19-/m1/s1. The number of nitrogens with zero attached hydrogens (tertiary/aromatic N) is 2. The van der Waals surface area contributed by atoms with E-state index in [1.165, 1.54) is 11.8 Å². The highest BCUT2D eigenvalue weighted by atomic mass is 19.2. The van der Waals surface area contributed by atoms with Gasteiger partial charge in [0, 0.05) is 38.2 Å². The Bertz CT molecular complexity index is 759. The molecule has 0 saturated carbocycles. The highest BCUT2D eigenvalue weighted by Gasteiger charge is 2.44. The van der Waals surface area contributed by atoms with E-state index in [1.54, 1.807) is 7.05 Å². The average molecular weight is 397 g/mol. The van der Waals surface area contributed by atoms with Crippen LogP contribution in [0, 0.1) is 23.4 Å². The summed E-state index contributed by atoms with van der Waals surface area (Å²) in [5.74, 6) is -3.25. The van der Waals surface area contributed by atoms with Gasteiger partial charge in [-0.25, -0.2) is 13.2 Å². The first kappa shape index (κ1) is 20.6. The highest BCUT2D eigenvalue weighted by Crippen LogP contribution is 2.40. The maximum atomic E-state index is 13.9. The minimum atomic E-state index is -1.21. The first-order valence-electron chi connectivity index (χ1n) is 9.59. The summed E-state index contributed by atoms with van der Waals surface area (Å²) in [5, 5.41) is 0. The van der Waals surface area contributed by atoms with Crippen LogP contribution in [0.1, 0.15) is 38.2 Å². The second-order valence-corrected chi connectivity index (χ2v) is 8.02. The predicted octanol–water partition coefficient (Wildman–Crippen LogP) is 2.22. The van der Waals surface area contributed by atoms with Gasteiger partial charge < -0.3 is 15.5 Å². The topological polar surface area (TPSA) is 66.6 Å². The van der Waals surface area contributed by atoms with Crippen LogP contribution in [0.4, 0.5) is 13.2 Å². The van der Waals surface area contributed by atoms with Crippen molar-refractivity contribution in [1.82, 2.24) is 9.80 Å². The van der Waals surface area contributed by atoms with Crippen molar-refractivity contribution in [3.63, 3.8) is 0 Å². The van der Waals surface area contributed by atoms with E-state index in [-0.39, 0.29) is 48.3 Å². The van der Waals surface area contributed by atoms with Crippen LogP contribution in [-0.2, 0) is 16.0 Å².